The van der Waals surface area contributed by atoms with E-state index in [1.165, 1.54) is 22.2 Å². The molecule has 2 aromatic carbocycles. The SMILES string of the molecule is Cc1ccc(NC(=O)CSCC(=O)NCc2ccccc2C[NH+](C)C)c(C)c1. The summed E-state index contributed by atoms with van der Waals surface area (Å²) in [7, 11) is 4.21. The smallest absolute Gasteiger partial charge is 0.234 e. The maximum absolute atomic E-state index is 12.1. The Bertz CT molecular complexity index is 821. The molecule has 0 heterocycles. The Kier molecular flexibility index (Phi) is 8.54. The zero-order chi connectivity index (χ0) is 20.5. The third-order valence-electron chi connectivity index (χ3n) is 4.26. The second kappa shape index (κ2) is 10.9. The highest BCUT2D eigenvalue weighted by atomic mass is 32.2. The van der Waals surface area contributed by atoms with Gasteiger partial charge in [0.05, 0.1) is 25.6 Å². The molecule has 2 amide bonds. The number of anilines is 1. The van der Waals surface area contributed by atoms with E-state index in [4.69, 9.17) is 0 Å². The van der Waals surface area contributed by atoms with Gasteiger partial charge >= 0.3 is 0 Å². The zero-order valence-corrected chi connectivity index (χ0v) is 17.9. The molecule has 0 radical (unpaired) electrons. The lowest BCUT2D eigenvalue weighted by Crippen LogP contribution is -3.04. The summed E-state index contributed by atoms with van der Waals surface area (Å²) >= 11 is 1.32. The number of hydrogen-bond donors (Lipinski definition) is 3. The Hall–Kier alpha value is -2.31. The first-order valence-corrected chi connectivity index (χ1v) is 10.6. The number of amides is 2. The fourth-order valence-corrected chi connectivity index (χ4v) is 3.55. The molecule has 0 fully saturated rings. The van der Waals surface area contributed by atoms with Gasteiger partial charge in [0.1, 0.15) is 6.54 Å². The van der Waals surface area contributed by atoms with Crippen molar-refractivity contribution in [2.24, 2.45) is 0 Å². The lowest BCUT2D eigenvalue weighted by atomic mass is 10.1. The average molecular weight is 401 g/mol. The maximum atomic E-state index is 12.1. The summed E-state index contributed by atoms with van der Waals surface area (Å²) in [6.07, 6.45) is 0. The number of nitrogens with one attached hydrogen (secondary N) is 3. The summed E-state index contributed by atoms with van der Waals surface area (Å²) in [4.78, 5) is 25.5. The number of carbonyl (C=O) groups excluding carboxylic acids is 2. The molecule has 0 aliphatic rings. The van der Waals surface area contributed by atoms with Gasteiger partial charge in [-0.3, -0.25) is 9.59 Å². The molecular weight excluding hydrogens is 370 g/mol. The first-order chi connectivity index (χ1) is 13.3. The lowest BCUT2D eigenvalue weighted by molar-refractivity contribution is -0.872. The van der Waals surface area contributed by atoms with Crippen molar-refractivity contribution >= 4 is 29.3 Å². The Morgan fingerprint density at radius 3 is 2.32 bits per heavy atom. The van der Waals surface area contributed by atoms with Gasteiger partial charge in [0.15, 0.2) is 0 Å². The molecule has 3 N–H and O–H groups in total. The van der Waals surface area contributed by atoms with Crippen LogP contribution in [0.25, 0.3) is 0 Å². The van der Waals surface area contributed by atoms with Crippen LogP contribution in [0.1, 0.15) is 22.3 Å². The Balaban J connectivity index is 1.73. The van der Waals surface area contributed by atoms with Crippen molar-refractivity contribution in [2.45, 2.75) is 26.9 Å². The highest BCUT2D eigenvalue weighted by Crippen LogP contribution is 2.16. The van der Waals surface area contributed by atoms with Crippen LogP contribution < -0.4 is 15.5 Å². The van der Waals surface area contributed by atoms with Gasteiger partial charge < -0.3 is 15.5 Å². The number of aryl methyl sites for hydroxylation is 2. The molecule has 0 bridgehead atoms. The number of benzene rings is 2. The third kappa shape index (κ3) is 7.37. The fourth-order valence-electron chi connectivity index (χ4n) is 2.90. The molecule has 0 spiro atoms. The predicted octanol–water partition coefficient (Wildman–Crippen LogP) is 1.94. The third-order valence-corrected chi connectivity index (χ3v) is 5.19. The van der Waals surface area contributed by atoms with Gasteiger partial charge in [-0.05, 0) is 31.0 Å². The molecule has 28 heavy (non-hydrogen) atoms. The Morgan fingerprint density at radius 2 is 1.64 bits per heavy atom. The number of carbonyl (C=O) groups is 2. The molecule has 0 saturated carbocycles. The van der Waals surface area contributed by atoms with Crippen LogP contribution in [0.5, 0.6) is 0 Å². The van der Waals surface area contributed by atoms with E-state index in [1.54, 1.807) is 0 Å². The summed E-state index contributed by atoms with van der Waals surface area (Å²) < 4.78 is 0. The van der Waals surface area contributed by atoms with E-state index in [9.17, 15) is 9.59 Å². The summed E-state index contributed by atoms with van der Waals surface area (Å²) in [5.41, 5.74) is 5.39. The van der Waals surface area contributed by atoms with Gasteiger partial charge in [0.2, 0.25) is 11.8 Å². The number of hydrogen-bond acceptors (Lipinski definition) is 3. The molecule has 2 aromatic rings. The van der Waals surface area contributed by atoms with E-state index >= 15 is 0 Å². The second-order valence-electron chi connectivity index (χ2n) is 7.29. The van der Waals surface area contributed by atoms with Gasteiger partial charge in [-0.1, -0.05) is 42.0 Å². The fraction of sp³-hybridized carbons (Fsp3) is 0.364. The topological polar surface area (TPSA) is 62.6 Å². The first-order valence-electron chi connectivity index (χ1n) is 9.42. The highest BCUT2D eigenvalue weighted by molar-refractivity contribution is 8.00. The largest absolute Gasteiger partial charge is 0.351 e. The van der Waals surface area contributed by atoms with Crippen molar-refractivity contribution in [3.63, 3.8) is 0 Å². The maximum Gasteiger partial charge on any atom is 0.234 e. The minimum Gasteiger partial charge on any atom is -0.351 e. The molecular formula is C22H30N3O2S+. The van der Waals surface area contributed by atoms with Gasteiger partial charge in [0, 0.05) is 17.8 Å². The number of rotatable bonds is 9. The standard InChI is InChI=1S/C22H29N3O2S/c1-16-9-10-20(17(2)11-16)24-22(27)15-28-14-21(26)23-12-18-7-5-6-8-19(18)13-25(3)4/h5-11H,12-15H2,1-4H3,(H,23,26)(H,24,27)/p+1. The molecule has 0 unspecified atom stereocenters. The number of quaternary nitrogens is 1. The molecule has 0 aliphatic heterocycles. The van der Waals surface area contributed by atoms with Crippen LogP contribution in [0.2, 0.25) is 0 Å². The predicted molar refractivity (Wildman–Crippen MR) is 117 cm³/mol. The molecule has 0 aromatic heterocycles. The van der Waals surface area contributed by atoms with Gasteiger partial charge in [0.25, 0.3) is 0 Å². The van der Waals surface area contributed by atoms with Crippen molar-refractivity contribution in [3.8, 4) is 0 Å². The number of thioether (sulfide) groups is 1. The van der Waals surface area contributed by atoms with Crippen LogP contribution in [-0.2, 0) is 22.7 Å². The molecule has 5 nitrogen and oxygen atoms in total. The van der Waals surface area contributed by atoms with E-state index in [0.29, 0.717) is 6.54 Å². The van der Waals surface area contributed by atoms with Crippen LogP contribution in [0, 0.1) is 13.8 Å². The Labute approximate surface area is 171 Å². The van der Waals surface area contributed by atoms with Crippen molar-refractivity contribution in [3.05, 3.63) is 64.7 Å². The molecule has 0 aliphatic carbocycles. The van der Waals surface area contributed by atoms with Gasteiger partial charge in [-0.15, -0.1) is 11.8 Å². The molecule has 0 atom stereocenters. The Morgan fingerprint density at radius 1 is 0.964 bits per heavy atom. The monoisotopic (exact) mass is 400 g/mol. The first kappa shape index (κ1) is 22.0. The minimum absolute atomic E-state index is 0.0590. The molecule has 6 heteroatoms. The van der Waals surface area contributed by atoms with Crippen LogP contribution in [-0.4, -0.2) is 37.4 Å². The van der Waals surface area contributed by atoms with E-state index < -0.39 is 0 Å². The summed E-state index contributed by atoms with van der Waals surface area (Å²) in [5, 5.41) is 5.85. The van der Waals surface area contributed by atoms with E-state index in [2.05, 4.69) is 30.8 Å². The second-order valence-corrected chi connectivity index (χ2v) is 8.27. The zero-order valence-electron chi connectivity index (χ0n) is 17.1. The van der Waals surface area contributed by atoms with Crippen LogP contribution >= 0.6 is 11.8 Å². The van der Waals surface area contributed by atoms with E-state index in [-0.39, 0.29) is 23.3 Å². The van der Waals surface area contributed by atoms with Crippen LogP contribution in [0.4, 0.5) is 5.69 Å². The highest BCUT2D eigenvalue weighted by Gasteiger charge is 2.09. The van der Waals surface area contributed by atoms with Crippen LogP contribution in [0.15, 0.2) is 42.5 Å². The molecule has 2 rings (SSSR count). The molecule has 0 saturated heterocycles. The van der Waals surface area contributed by atoms with Gasteiger partial charge in [-0.25, -0.2) is 0 Å². The summed E-state index contributed by atoms with van der Waals surface area (Å²) in [5.74, 6) is 0.364. The van der Waals surface area contributed by atoms with Gasteiger partial charge in [-0.2, -0.15) is 0 Å². The van der Waals surface area contributed by atoms with E-state index in [1.807, 2.05) is 50.2 Å². The lowest BCUT2D eigenvalue weighted by Gasteiger charge is -2.13. The summed E-state index contributed by atoms with van der Waals surface area (Å²) in [6.45, 7) is 5.42. The van der Waals surface area contributed by atoms with Crippen molar-refractivity contribution in [2.75, 3.05) is 30.9 Å². The summed E-state index contributed by atoms with van der Waals surface area (Å²) in [6, 6.07) is 14.1. The minimum atomic E-state index is -0.0935. The quantitative estimate of drug-likeness (QED) is 0.603. The molecule has 150 valence electrons. The average Bonchev–Trinajstić information content (AvgIpc) is 2.63. The van der Waals surface area contributed by atoms with Crippen molar-refractivity contribution in [1.29, 1.82) is 0 Å². The van der Waals surface area contributed by atoms with E-state index in [0.717, 1.165) is 28.9 Å². The van der Waals surface area contributed by atoms with Crippen LogP contribution in [0.3, 0.4) is 0 Å². The normalized spacial score (nSPS) is 10.8. The van der Waals surface area contributed by atoms with Crippen molar-refractivity contribution in [1.82, 2.24) is 5.32 Å². The van der Waals surface area contributed by atoms with Crippen molar-refractivity contribution < 1.29 is 14.5 Å².